The van der Waals surface area contributed by atoms with Gasteiger partial charge in [0.25, 0.3) is 0 Å². The summed E-state index contributed by atoms with van der Waals surface area (Å²) in [6.07, 6.45) is 0. The molecule has 1 fully saturated rings. The van der Waals surface area contributed by atoms with Crippen LogP contribution in [-0.4, -0.2) is 11.8 Å². The number of nitrogens with one attached hydrogen (secondary N) is 1. The number of carbonyl (C=O) groups is 2. The normalized spacial score (nSPS) is 17.9. The quantitative estimate of drug-likeness (QED) is 0.860. The highest BCUT2D eigenvalue weighted by atomic mass is 16.2. The summed E-state index contributed by atoms with van der Waals surface area (Å²) >= 11 is 0. The van der Waals surface area contributed by atoms with Gasteiger partial charge in [-0.3, -0.25) is 14.9 Å². The van der Waals surface area contributed by atoms with E-state index in [4.69, 9.17) is 0 Å². The summed E-state index contributed by atoms with van der Waals surface area (Å²) in [7, 11) is 0. The summed E-state index contributed by atoms with van der Waals surface area (Å²) in [6, 6.07) is 19.0. The Hall–Kier alpha value is -2.42. The molecule has 1 heterocycles. The van der Waals surface area contributed by atoms with Crippen molar-refractivity contribution in [1.82, 2.24) is 5.32 Å². The summed E-state index contributed by atoms with van der Waals surface area (Å²) in [6.45, 7) is 7.65. The van der Waals surface area contributed by atoms with Crippen LogP contribution in [0.1, 0.15) is 38.8 Å². The lowest BCUT2D eigenvalue weighted by atomic mass is 9.59. The van der Waals surface area contributed by atoms with Gasteiger partial charge in [0.15, 0.2) is 0 Å². The second-order valence-corrected chi connectivity index (χ2v) is 5.89. The molecule has 2 aromatic carbocycles. The molecule has 0 aliphatic carbocycles. The average molecular weight is 309 g/mol. The second-order valence-electron chi connectivity index (χ2n) is 5.89. The third-order valence-corrected chi connectivity index (χ3v) is 4.49. The fourth-order valence-corrected chi connectivity index (χ4v) is 3.33. The maximum Gasteiger partial charge on any atom is 0.242 e. The summed E-state index contributed by atoms with van der Waals surface area (Å²) < 4.78 is 0. The van der Waals surface area contributed by atoms with Crippen LogP contribution in [0.25, 0.3) is 0 Å². The van der Waals surface area contributed by atoms with Crippen molar-refractivity contribution in [1.29, 1.82) is 0 Å². The van der Waals surface area contributed by atoms with Crippen molar-refractivity contribution in [3.05, 3.63) is 71.8 Å². The van der Waals surface area contributed by atoms with Crippen molar-refractivity contribution in [2.24, 2.45) is 5.41 Å². The van der Waals surface area contributed by atoms with Crippen LogP contribution in [0, 0.1) is 5.41 Å². The van der Waals surface area contributed by atoms with E-state index in [0.29, 0.717) is 0 Å². The van der Waals surface area contributed by atoms with Crippen molar-refractivity contribution in [3.63, 3.8) is 0 Å². The summed E-state index contributed by atoms with van der Waals surface area (Å²) in [5.74, 6) is -0.491. The molecule has 1 saturated heterocycles. The second kappa shape index (κ2) is 6.37. The van der Waals surface area contributed by atoms with Gasteiger partial charge in [-0.25, -0.2) is 0 Å². The lowest BCUT2D eigenvalue weighted by Crippen LogP contribution is -2.46. The van der Waals surface area contributed by atoms with Gasteiger partial charge in [0.2, 0.25) is 11.8 Å². The number of rotatable bonds is 2. The molecule has 0 atom stereocenters. The summed E-state index contributed by atoms with van der Waals surface area (Å²) in [4.78, 5) is 25.1. The van der Waals surface area contributed by atoms with Gasteiger partial charge < -0.3 is 0 Å². The molecule has 0 bridgehead atoms. The first-order valence-corrected chi connectivity index (χ1v) is 7.98. The minimum atomic E-state index is -0.993. The maximum absolute atomic E-state index is 12.8. The van der Waals surface area contributed by atoms with Gasteiger partial charge in [-0.05, 0) is 25.0 Å². The first-order chi connectivity index (χ1) is 11.0. The molecule has 120 valence electrons. The van der Waals surface area contributed by atoms with E-state index >= 15 is 0 Å². The van der Waals surface area contributed by atoms with E-state index in [1.807, 2.05) is 88.4 Å². The highest BCUT2D eigenvalue weighted by molar-refractivity contribution is 6.14. The molecule has 3 nitrogen and oxygen atoms in total. The fourth-order valence-electron chi connectivity index (χ4n) is 3.33. The van der Waals surface area contributed by atoms with Gasteiger partial charge in [-0.15, -0.1) is 0 Å². The predicted octanol–water partition coefficient (Wildman–Crippen LogP) is 3.68. The molecule has 2 aromatic rings. The molecule has 1 aliphatic rings. The smallest absolute Gasteiger partial charge is 0.242 e. The Morgan fingerprint density at radius 1 is 0.696 bits per heavy atom. The number of hydrogen-bond acceptors (Lipinski definition) is 2. The van der Waals surface area contributed by atoms with Gasteiger partial charge in [0, 0.05) is 0 Å². The van der Waals surface area contributed by atoms with E-state index in [1.165, 1.54) is 0 Å². The van der Waals surface area contributed by atoms with Crippen molar-refractivity contribution in [2.45, 2.75) is 33.1 Å². The van der Waals surface area contributed by atoms with Gasteiger partial charge in [-0.2, -0.15) is 0 Å². The summed E-state index contributed by atoms with van der Waals surface area (Å²) in [5.41, 5.74) is -0.173. The lowest BCUT2D eigenvalue weighted by Gasteiger charge is -2.37. The Bertz CT molecular complexity index is 651. The Morgan fingerprint density at radius 2 is 1.09 bits per heavy atom. The van der Waals surface area contributed by atoms with Crippen molar-refractivity contribution in [3.8, 4) is 0 Å². The molecule has 0 spiro atoms. The number of imide groups is 1. The van der Waals surface area contributed by atoms with E-state index in [2.05, 4.69) is 5.32 Å². The van der Waals surface area contributed by atoms with E-state index in [1.54, 1.807) is 0 Å². The number of carbonyl (C=O) groups excluding carboxylic acids is 2. The molecule has 1 N–H and O–H groups in total. The maximum atomic E-state index is 12.8. The van der Waals surface area contributed by atoms with Crippen LogP contribution in [0.2, 0.25) is 0 Å². The monoisotopic (exact) mass is 309 g/mol. The van der Waals surface area contributed by atoms with Gasteiger partial charge in [0.1, 0.15) is 5.41 Å². The number of amides is 2. The van der Waals surface area contributed by atoms with Crippen molar-refractivity contribution >= 4 is 11.8 Å². The zero-order valence-corrected chi connectivity index (χ0v) is 14.1. The molecule has 0 saturated carbocycles. The van der Waals surface area contributed by atoms with Crippen LogP contribution in [-0.2, 0) is 15.0 Å². The topological polar surface area (TPSA) is 46.2 Å². The van der Waals surface area contributed by atoms with E-state index in [0.717, 1.165) is 11.1 Å². The first-order valence-electron chi connectivity index (χ1n) is 7.98. The fraction of sp³-hybridized carbons (Fsp3) is 0.300. The van der Waals surface area contributed by atoms with Gasteiger partial charge >= 0.3 is 0 Å². The van der Waals surface area contributed by atoms with Crippen molar-refractivity contribution < 1.29 is 9.59 Å². The van der Waals surface area contributed by atoms with Crippen molar-refractivity contribution in [2.75, 3.05) is 0 Å². The highest BCUT2D eigenvalue weighted by Crippen LogP contribution is 2.50. The lowest BCUT2D eigenvalue weighted by molar-refractivity contribution is -0.127. The number of benzene rings is 2. The first kappa shape index (κ1) is 16.9. The van der Waals surface area contributed by atoms with Crippen LogP contribution in [0.5, 0.6) is 0 Å². The summed E-state index contributed by atoms with van der Waals surface area (Å²) in [5, 5.41) is 2.52. The minimum Gasteiger partial charge on any atom is -0.295 e. The molecule has 0 unspecified atom stereocenters. The number of hydrogen-bond donors (Lipinski definition) is 1. The van der Waals surface area contributed by atoms with Crippen LogP contribution < -0.4 is 5.32 Å². The van der Waals surface area contributed by atoms with E-state index in [-0.39, 0.29) is 11.8 Å². The van der Waals surface area contributed by atoms with Gasteiger partial charge in [-0.1, -0.05) is 74.5 Å². The SMILES string of the molecule is CC.CC1(C)C(=O)NC(=O)C1(c1ccccc1)c1ccccc1. The Morgan fingerprint density at radius 3 is 1.39 bits per heavy atom. The van der Waals surface area contributed by atoms with E-state index in [9.17, 15) is 9.59 Å². The zero-order chi connectivity index (χ0) is 17.1. The molecule has 23 heavy (non-hydrogen) atoms. The molecule has 0 radical (unpaired) electrons. The van der Waals surface area contributed by atoms with Crippen LogP contribution in [0.15, 0.2) is 60.7 Å². The predicted molar refractivity (Wildman–Crippen MR) is 91.9 cm³/mol. The third kappa shape index (κ3) is 2.37. The van der Waals surface area contributed by atoms with E-state index < -0.39 is 10.8 Å². The Kier molecular flexibility index (Phi) is 4.69. The standard InChI is InChI=1S/C18H17NO2.C2H6/c1-17(2)15(20)19-16(21)18(17,13-9-5-3-6-10-13)14-11-7-4-8-12-14;1-2/h3-12H,1-2H3,(H,19,20,21);1-2H3. The Labute approximate surface area is 137 Å². The average Bonchev–Trinajstić information content (AvgIpc) is 2.76. The Balaban J connectivity index is 0.000000924. The molecular formula is C20H23NO2. The van der Waals surface area contributed by atoms with Crippen LogP contribution in [0.4, 0.5) is 0 Å². The molecular weight excluding hydrogens is 286 g/mol. The highest BCUT2D eigenvalue weighted by Gasteiger charge is 2.62. The molecule has 1 aliphatic heterocycles. The molecule has 3 rings (SSSR count). The van der Waals surface area contributed by atoms with Crippen LogP contribution in [0.3, 0.4) is 0 Å². The minimum absolute atomic E-state index is 0.236. The molecule has 3 heteroatoms. The largest absolute Gasteiger partial charge is 0.295 e. The third-order valence-electron chi connectivity index (χ3n) is 4.49. The van der Waals surface area contributed by atoms with Gasteiger partial charge in [0.05, 0.1) is 5.41 Å². The van der Waals surface area contributed by atoms with Crippen LogP contribution >= 0.6 is 0 Å². The zero-order valence-electron chi connectivity index (χ0n) is 14.1. The molecule has 2 amide bonds. The molecule has 0 aromatic heterocycles.